The highest BCUT2D eigenvalue weighted by atomic mass is 16.5. The van der Waals surface area contributed by atoms with Crippen LogP contribution in [0.5, 0.6) is 11.5 Å². The summed E-state index contributed by atoms with van der Waals surface area (Å²) in [4.78, 5) is 0. The predicted molar refractivity (Wildman–Crippen MR) is 77.4 cm³/mol. The van der Waals surface area contributed by atoms with Crippen LogP contribution in [-0.2, 0) is 6.61 Å². The van der Waals surface area contributed by atoms with E-state index in [0.29, 0.717) is 30.4 Å². The third-order valence-corrected chi connectivity index (χ3v) is 2.72. The molecule has 0 bridgehead atoms. The van der Waals surface area contributed by atoms with Gasteiger partial charge in [-0.05, 0) is 24.1 Å². The van der Waals surface area contributed by atoms with Gasteiger partial charge in [-0.2, -0.15) is 0 Å². The first-order valence-corrected chi connectivity index (χ1v) is 6.49. The van der Waals surface area contributed by atoms with E-state index in [2.05, 4.69) is 6.92 Å². The van der Waals surface area contributed by atoms with E-state index in [-0.39, 0.29) is 0 Å². The molecule has 3 heteroatoms. The monoisotopic (exact) mass is 257 g/mol. The Labute approximate surface area is 114 Å². The highest BCUT2D eigenvalue weighted by Gasteiger charge is 2.07. The first-order valence-electron chi connectivity index (χ1n) is 6.49. The lowest BCUT2D eigenvalue weighted by Crippen LogP contribution is -2.02. The first-order chi connectivity index (χ1) is 9.31. The van der Waals surface area contributed by atoms with E-state index in [4.69, 9.17) is 15.2 Å². The van der Waals surface area contributed by atoms with E-state index >= 15 is 0 Å². The molecule has 0 saturated carbocycles. The average Bonchev–Trinajstić information content (AvgIpc) is 2.46. The van der Waals surface area contributed by atoms with Gasteiger partial charge >= 0.3 is 0 Å². The lowest BCUT2D eigenvalue weighted by Gasteiger charge is -2.13. The van der Waals surface area contributed by atoms with E-state index < -0.39 is 0 Å². The van der Waals surface area contributed by atoms with Gasteiger partial charge in [-0.3, -0.25) is 0 Å². The van der Waals surface area contributed by atoms with Gasteiger partial charge in [0.15, 0.2) is 0 Å². The van der Waals surface area contributed by atoms with Crippen LogP contribution >= 0.6 is 0 Å². The van der Waals surface area contributed by atoms with Gasteiger partial charge < -0.3 is 15.2 Å². The van der Waals surface area contributed by atoms with Crippen molar-refractivity contribution < 1.29 is 9.47 Å². The molecule has 0 amide bonds. The SMILES string of the molecule is CCCOc1cccc(OCc2ccccc2)c1N. The van der Waals surface area contributed by atoms with Gasteiger partial charge in [0, 0.05) is 0 Å². The van der Waals surface area contributed by atoms with E-state index in [1.807, 2.05) is 48.5 Å². The van der Waals surface area contributed by atoms with Crippen molar-refractivity contribution in [1.29, 1.82) is 0 Å². The molecular formula is C16H19NO2. The molecule has 0 saturated heterocycles. The molecule has 0 spiro atoms. The van der Waals surface area contributed by atoms with Crippen LogP contribution in [0.25, 0.3) is 0 Å². The third-order valence-electron chi connectivity index (χ3n) is 2.72. The Balaban J connectivity index is 2.04. The molecule has 0 unspecified atom stereocenters. The molecule has 0 aromatic heterocycles. The molecule has 0 fully saturated rings. The number of benzene rings is 2. The van der Waals surface area contributed by atoms with Crippen molar-refractivity contribution in [3.05, 3.63) is 54.1 Å². The average molecular weight is 257 g/mol. The van der Waals surface area contributed by atoms with Crippen molar-refractivity contribution in [3.63, 3.8) is 0 Å². The topological polar surface area (TPSA) is 44.5 Å². The summed E-state index contributed by atoms with van der Waals surface area (Å²) in [6.07, 6.45) is 0.953. The molecule has 2 aromatic rings. The van der Waals surface area contributed by atoms with Crippen molar-refractivity contribution in [3.8, 4) is 11.5 Å². The Morgan fingerprint density at radius 3 is 2.26 bits per heavy atom. The van der Waals surface area contributed by atoms with Crippen molar-refractivity contribution in [2.45, 2.75) is 20.0 Å². The predicted octanol–water partition coefficient (Wildman–Crippen LogP) is 3.64. The molecule has 2 aromatic carbocycles. The number of hydrogen-bond acceptors (Lipinski definition) is 3. The molecule has 100 valence electrons. The van der Waals surface area contributed by atoms with Crippen molar-refractivity contribution in [2.24, 2.45) is 0 Å². The lowest BCUT2D eigenvalue weighted by atomic mass is 10.2. The smallest absolute Gasteiger partial charge is 0.146 e. The first kappa shape index (κ1) is 13.3. The second-order valence-corrected chi connectivity index (χ2v) is 4.29. The highest BCUT2D eigenvalue weighted by Crippen LogP contribution is 2.31. The van der Waals surface area contributed by atoms with Crippen LogP contribution in [0.2, 0.25) is 0 Å². The summed E-state index contributed by atoms with van der Waals surface area (Å²) in [6.45, 7) is 3.22. The van der Waals surface area contributed by atoms with Gasteiger partial charge in [0.2, 0.25) is 0 Å². The lowest BCUT2D eigenvalue weighted by molar-refractivity contribution is 0.298. The minimum absolute atomic E-state index is 0.502. The molecule has 19 heavy (non-hydrogen) atoms. The fourth-order valence-corrected chi connectivity index (χ4v) is 1.72. The van der Waals surface area contributed by atoms with Gasteiger partial charge in [0.1, 0.15) is 23.8 Å². The number of anilines is 1. The summed E-state index contributed by atoms with van der Waals surface area (Å²) in [5.74, 6) is 1.35. The van der Waals surface area contributed by atoms with Crippen LogP contribution in [0.15, 0.2) is 48.5 Å². The summed E-state index contributed by atoms with van der Waals surface area (Å²) in [5.41, 5.74) is 7.71. The second-order valence-electron chi connectivity index (χ2n) is 4.29. The maximum absolute atomic E-state index is 6.04. The summed E-state index contributed by atoms with van der Waals surface area (Å²) >= 11 is 0. The van der Waals surface area contributed by atoms with Gasteiger partial charge in [-0.15, -0.1) is 0 Å². The van der Waals surface area contributed by atoms with Crippen LogP contribution in [0.3, 0.4) is 0 Å². The molecule has 2 N–H and O–H groups in total. The summed E-state index contributed by atoms with van der Waals surface area (Å²) < 4.78 is 11.3. The quantitative estimate of drug-likeness (QED) is 0.803. The molecule has 3 nitrogen and oxygen atoms in total. The number of rotatable bonds is 6. The van der Waals surface area contributed by atoms with E-state index in [9.17, 15) is 0 Å². The molecule has 0 aliphatic heterocycles. The minimum atomic E-state index is 0.502. The van der Waals surface area contributed by atoms with Crippen molar-refractivity contribution in [2.75, 3.05) is 12.3 Å². The maximum atomic E-state index is 6.04. The molecule has 0 heterocycles. The van der Waals surface area contributed by atoms with Gasteiger partial charge in [0.05, 0.1) is 6.61 Å². The number of ether oxygens (including phenoxy) is 2. The number of nitrogens with two attached hydrogens (primary N) is 1. The summed E-state index contributed by atoms with van der Waals surface area (Å²) in [5, 5.41) is 0. The summed E-state index contributed by atoms with van der Waals surface area (Å²) in [6, 6.07) is 15.6. The van der Waals surface area contributed by atoms with E-state index in [0.717, 1.165) is 12.0 Å². The minimum Gasteiger partial charge on any atom is -0.491 e. The number of nitrogen functional groups attached to an aromatic ring is 1. The van der Waals surface area contributed by atoms with Crippen LogP contribution in [0.1, 0.15) is 18.9 Å². The fraction of sp³-hybridized carbons (Fsp3) is 0.250. The van der Waals surface area contributed by atoms with Crippen LogP contribution < -0.4 is 15.2 Å². The maximum Gasteiger partial charge on any atom is 0.146 e. The Morgan fingerprint density at radius 1 is 0.895 bits per heavy atom. The highest BCUT2D eigenvalue weighted by molar-refractivity contribution is 5.62. The van der Waals surface area contributed by atoms with Gasteiger partial charge in [-0.1, -0.05) is 43.3 Å². The van der Waals surface area contributed by atoms with Gasteiger partial charge in [0.25, 0.3) is 0 Å². The molecule has 2 rings (SSSR count). The standard InChI is InChI=1S/C16H19NO2/c1-2-11-18-14-9-6-10-15(16(14)17)19-12-13-7-4-3-5-8-13/h3-10H,2,11-12,17H2,1H3. The Bertz CT molecular complexity index is 511. The summed E-state index contributed by atoms with van der Waals surface area (Å²) in [7, 11) is 0. The van der Waals surface area contributed by atoms with Crippen LogP contribution in [0, 0.1) is 0 Å². The van der Waals surface area contributed by atoms with Gasteiger partial charge in [-0.25, -0.2) is 0 Å². The van der Waals surface area contributed by atoms with E-state index in [1.54, 1.807) is 0 Å². The largest absolute Gasteiger partial charge is 0.491 e. The number of hydrogen-bond donors (Lipinski definition) is 1. The molecule has 0 radical (unpaired) electrons. The Hall–Kier alpha value is -2.16. The zero-order chi connectivity index (χ0) is 13.5. The van der Waals surface area contributed by atoms with Crippen molar-refractivity contribution >= 4 is 5.69 Å². The zero-order valence-corrected chi connectivity index (χ0v) is 11.1. The second kappa shape index (κ2) is 6.69. The zero-order valence-electron chi connectivity index (χ0n) is 11.1. The molecular weight excluding hydrogens is 238 g/mol. The Morgan fingerprint density at radius 2 is 1.58 bits per heavy atom. The fourth-order valence-electron chi connectivity index (χ4n) is 1.72. The number of para-hydroxylation sites is 1. The Kier molecular flexibility index (Phi) is 4.67. The normalized spacial score (nSPS) is 10.2. The molecule has 0 aliphatic rings. The van der Waals surface area contributed by atoms with Crippen LogP contribution in [0.4, 0.5) is 5.69 Å². The molecule has 0 atom stereocenters. The van der Waals surface area contributed by atoms with Crippen molar-refractivity contribution in [1.82, 2.24) is 0 Å². The van der Waals surface area contributed by atoms with E-state index in [1.165, 1.54) is 0 Å². The molecule has 0 aliphatic carbocycles. The third kappa shape index (κ3) is 3.65. The van der Waals surface area contributed by atoms with Crippen LogP contribution in [-0.4, -0.2) is 6.61 Å².